The highest BCUT2D eigenvalue weighted by Crippen LogP contribution is 2.27. The predicted molar refractivity (Wildman–Crippen MR) is 67.7 cm³/mol. The van der Waals surface area contributed by atoms with Crippen molar-refractivity contribution in [2.45, 2.75) is 38.2 Å². The molecule has 2 rings (SSSR count). The molecule has 1 aliphatic rings. The maximum Gasteiger partial charge on any atom is 0.355 e. The topological polar surface area (TPSA) is 31.2 Å². The van der Waals surface area contributed by atoms with E-state index >= 15 is 0 Å². The van der Waals surface area contributed by atoms with E-state index in [9.17, 15) is 4.79 Å². The van der Waals surface area contributed by atoms with Crippen molar-refractivity contribution in [1.29, 1.82) is 0 Å². The molecule has 0 saturated heterocycles. The second-order valence-electron chi connectivity index (χ2n) is 4.39. The maximum atomic E-state index is 11.9. The fraction of sp³-hybridized carbons (Fsp3) is 0.583. The van der Waals surface area contributed by atoms with Gasteiger partial charge in [-0.05, 0) is 31.7 Å². The first-order valence-corrected chi connectivity index (χ1v) is 6.57. The Kier molecular flexibility index (Phi) is 4.00. The molecule has 0 radical (unpaired) electrons. The molecule has 0 unspecified atom stereocenters. The number of carbonyl (C=O) groups is 1. The van der Waals surface area contributed by atoms with Crippen molar-refractivity contribution < 1.29 is 9.53 Å². The highest BCUT2D eigenvalue weighted by Gasteiger charge is 2.22. The third-order valence-electron chi connectivity index (χ3n) is 3.15. The van der Waals surface area contributed by atoms with Gasteiger partial charge in [-0.25, -0.2) is 4.79 Å². The summed E-state index contributed by atoms with van der Waals surface area (Å²) >= 11 is 11.8. The first kappa shape index (κ1) is 12.8. The Bertz CT molecular complexity index is 422. The molecule has 1 fully saturated rings. The molecule has 1 aromatic heterocycles. The first-order valence-electron chi connectivity index (χ1n) is 5.81. The highest BCUT2D eigenvalue weighted by atomic mass is 35.5. The monoisotopic (exact) mass is 275 g/mol. The molecule has 0 aliphatic heterocycles. The van der Waals surface area contributed by atoms with E-state index in [2.05, 4.69) is 0 Å². The van der Waals surface area contributed by atoms with Crippen LogP contribution in [0.1, 0.15) is 42.6 Å². The zero-order chi connectivity index (χ0) is 12.4. The lowest BCUT2D eigenvalue weighted by atomic mass is 9.98. The Morgan fingerprint density at radius 3 is 2.53 bits per heavy atom. The third-order valence-corrected chi connectivity index (χ3v) is 3.99. The first-order chi connectivity index (χ1) is 8.09. The largest absolute Gasteiger partial charge is 0.458 e. The number of ether oxygens (including phenoxy) is 1. The van der Waals surface area contributed by atoms with Crippen LogP contribution >= 0.6 is 23.2 Å². The standard InChI is InChI=1S/C12H15Cl2NO2/c1-15-10(7-9(13)11(15)14)12(16)17-8-5-3-2-4-6-8/h7-8H,2-6H2,1H3. The summed E-state index contributed by atoms with van der Waals surface area (Å²) in [6.45, 7) is 0. The summed E-state index contributed by atoms with van der Waals surface area (Å²) < 4.78 is 7.00. The van der Waals surface area contributed by atoms with Crippen molar-refractivity contribution in [3.05, 3.63) is 21.9 Å². The lowest BCUT2D eigenvalue weighted by Crippen LogP contribution is -2.22. The predicted octanol–water partition coefficient (Wildman–Crippen LogP) is 3.82. The van der Waals surface area contributed by atoms with Crippen molar-refractivity contribution >= 4 is 29.2 Å². The minimum atomic E-state index is -0.340. The van der Waals surface area contributed by atoms with Crippen LogP contribution in [0.2, 0.25) is 10.2 Å². The van der Waals surface area contributed by atoms with Gasteiger partial charge in [-0.3, -0.25) is 0 Å². The summed E-state index contributed by atoms with van der Waals surface area (Å²) in [6, 6.07) is 1.55. The minimum absolute atomic E-state index is 0.0451. The van der Waals surface area contributed by atoms with E-state index in [0.29, 0.717) is 15.9 Å². The summed E-state index contributed by atoms with van der Waals surface area (Å²) in [5.74, 6) is -0.340. The Labute approximate surface area is 111 Å². The van der Waals surface area contributed by atoms with Crippen molar-refractivity contribution in [2.24, 2.45) is 7.05 Å². The molecule has 3 nitrogen and oxygen atoms in total. The van der Waals surface area contributed by atoms with Crippen LogP contribution in [0, 0.1) is 0 Å². The van der Waals surface area contributed by atoms with Crippen LogP contribution in [-0.2, 0) is 11.8 Å². The second kappa shape index (κ2) is 5.32. The molecule has 1 aliphatic carbocycles. The smallest absolute Gasteiger partial charge is 0.355 e. The van der Waals surface area contributed by atoms with E-state index in [1.807, 2.05) is 0 Å². The molecule has 0 bridgehead atoms. The van der Waals surface area contributed by atoms with Gasteiger partial charge in [-0.15, -0.1) is 0 Å². The fourth-order valence-electron chi connectivity index (χ4n) is 2.13. The van der Waals surface area contributed by atoms with Gasteiger partial charge in [0.15, 0.2) is 0 Å². The number of halogens is 2. The van der Waals surface area contributed by atoms with Gasteiger partial charge >= 0.3 is 5.97 Å². The van der Waals surface area contributed by atoms with Crippen LogP contribution in [0.5, 0.6) is 0 Å². The molecular formula is C12H15Cl2NO2. The molecule has 0 aromatic carbocycles. The van der Waals surface area contributed by atoms with Gasteiger partial charge in [0.25, 0.3) is 0 Å². The van der Waals surface area contributed by atoms with E-state index < -0.39 is 0 Å². The maximum absolute atomic E-state index is 11.9. The second-order valence-corrected chi connectivity index (χ2v) is 5.16. The van der Waals surface area contributed by atoms with E-state index in [0.717, 1.165) is 25.7 Å². The summed E-state index contributed by atoms with van der Waals surface area (Å²) in [5.41, 5.74) is 0.408. The third kappa shape index (κ3) is 2.78. The van der Waals surface area contributed by atoms with Crippen LogP contribution in [0.3, 0.4) is 0 Å². The molecule has 0 amide bonds. The van der Waals surface area contributed by atoms with Crippen LogP contribution in [0.4, 0.5) is 0 Å². The Hall–Kier alpha value is -0.670. The van der Waals surface area contributed by atoms with Crippen molar-refractivity contribution in [3.63, 3.8) is 0 Å². The van der Waals surface area contributed by atoms with Gasteiger partial charge in [0.2, 0.25) is 0 Å². The number of hydrogen-bond acceptors (Lipinski definition) is 2. The van der Waals surface area contributed by atoms with Gasteiger partial charge in [0.1, 0.15) is 17.0 Å². The molecule has 5 heteroatoms. The lowest BCUT2D eigenvalue weighted by Gasteiger charge is -2.21. The number of nitrogens with zero attached hydrogens (tertiary/aromatic N) is 1. The van der Waals surface area contributed by atoms with Gasteiger partial charge < -0.3 is 9.30 Å². The number of carbonyl (C=O) groups excluding carboxylic acids is 1. The Morgan fingerprint density at radius 2 is 2.00 bits per heavy atom. The number of hydrogen-bond donors (Lipinski definition) is 0. The van der Waals surface area contributed by atoms with Crippen molar-refractivity contribution in [1.82, 2.24) is 4.57 Å². The van der Waals surface area contributed by atoms with E-state index in [1.54, 1.807) is 17.7 Å². The van der Waals surface area contributed by atoms with Gasteiger partial charge in [0, 0.05) is 7.05 Å². The van der Waals surface area contributed by atoms with E-state index in [4.69, 9.17) is 27.9 Å². The van der Waals surface area contributed by atoms with Crippen molar-refractivity contribution in [2.75, 3.05) is 0 Å². The van der Waals surface area contributed by atoms with Crippen LogP contribution in [0.25, 0.3) is 0 Å². The van der Waals surface area contributed by atoms with Gasteiger partial charge in [-0.1, -0.05) is 29.6 Å². The van der Waals surface area contributed by atoms with Crippen LogP contribution in [-0.4, -0.2) is 16.6 Å². The molecule has 94 valence electrons. The minimum Gasteiger partial charge on any atom is -0.458 e. The molecule has 0 N–H and O–H groups in total. The Morgan fingerprint density at radius 1 is 1.35 bits per heavy atom. The van der Waals surface area contributed by atoms with E-state index in [-0.39, 0.29) is 12.1 Å². The molecular weight excluding hydrogens is 261 g/mol. The van der Waals surface area contributed by atoms with Gasteiger partial charge in [0.05, 0.1) is 5.02 Å². The van der Waals surface area contributed by atoms with Crippen molar-refractivity contribution in [3.8, 4) is 0 Å². The Balaban J connectivity index is 2.06. The summed E-state index contributed by atoms with van der Waals surface area (Å²) in [6.07, 6.45) is 5.45. The SMILES string of the molecule is Cn1c(C(=O)OC2CCCCC2)cc(Cl)c1Cl. The summed E-state index contributed by atoms with van der Waals surface area (Å²) in [7, 11) is 1.70. The molecule has 17 heavy (non-hydrogen) atoms. The average Bonchev–Trinajstić information content (AvgIpc) is 2.58. The summed E-state index contributed by atoms with van der Waals surface area (Å²) in [5, 5.41) is 0.743. The van der Waals surface area contributed by atoms with Crippen LogP contribution in [0.15, 0.2) is 6.07 Å². The van der Waals surface area contributed by atoms with Crippen LogP contribution < -0.4 is 0 Å². The molecule has 1 aromatic rings. The lowest BCUT2D eigenvalue weighted by molar-refractivity contribution is 0.0200. The average molecular weight is 276 g/mol. The fourth-order valence-corrected chi connectivity index (χ4v) is 2.51. The molecule has 1 saturated carbocycles. The number of aromatic nitrogens is 1. The highest BCUT2D eigenvalue weighted by molar-refractivity contribution is 6.41. The zero-order valence-corrected chi connectivity index (χ0v) is 11.2. The number of rotatable bonds is 2. The summed E-state index contributed by atoms with van der Waals surface area (Å²) in [4.78, 5) is 11.9. The molecule has 0 atom stereocenters. The van der Waals surface area contributed by atoms with Gasteiger partial charge in [-0.2, -0.15) is 0 Å². The normalized spacial score (nSPS) is 17.1. The molecule has 0 spiro atoms. The van der Waals surface area contributed by atoms with E-state index in [1.165, 1.54) is 6.42 Å². The molecule has 1 heterocycles. The zero-order valence-electron chi connectivity index (χ0n) is 9.71. The number of esters is 1. The quantitative estimate of drug-likeness (QED) is 0.769.